The molecule has 2 aromatic rings. The van der Waals surface area contributed by atoms with E-state index in [4.69, 9.17) is 0 Å². The molecule has 0 unspecified atom stereocenters. The van der Waals surface area contributed by atoms with Crippen LogP contribution in [0.5, 0.6) is 0 Å². The predicted molar refractivity (Wildman–Crippen MR) is 72.3 cm³/mol. The summed E-state index contributed by atoms with van der Waals surface area (Å²) in [6.07, 6.45) is 4.78. The normalized spacial score (nSPS) is 21.9. The van der Waals surface area contributed by atoms with Crippen LogP contribution in [0.3, 0.4) is 0 Å². The quantitative estimate of drug-likeness (QED) is 0.850. The first-order chi connectivity index (χ1) is 8.86. The van der Waals surface area contributed by atoms with Gasteiger partial charge in [0.05, 0.1) is 11.6 Å². The summed E-state index contributed by atoms with van der Waals surface area (Å²) in [6, 6.07) is 10.1. The third kappa shape index (κ3) is 2.11. The number of fused-ring (bicyclic) bond motifs is 1. The van der Waals surface area contributed by atoms with Crippen LogP contribution in [0.25, 0.3) is 10.9 Å². The Labute approximate surface area is 107 Å². The monoisotopic (exact) mass is 242 g/mol. The second-order valence-electron chi connectivity index (χ2n) is 4.92. The number of nitrogens with one attached hydrogen (secondary N) is 1. The molecular formula is C15H18N2O. The summed E-state index contributed by atoms with van der Waals surface area (Å²) < 4.78 is 0. The van der Waals surface area contributed by atoms with Crippen LogP contribution in [0, 0.1) is 0 Å². The van der Waals surface area contributed by atoms with Gasteiger partial charge in [-0.1, -0.05) is 24.6 Å². The molecule has 0 spiro atoms. The number of aromatic nitrogens is 1. The molecular weight excluding hydrogens is 224 g/mol. The van der Waals surface area contributed by atoms with Crippen molar-refractivity contribution in [3.8, 4) is 0 Å². The molecule has 2 atom stereocenters. The molecule has 2 heterocycles. The topological polar surface area (TPSA) is 45.2 Å². The van der Waals surface area contributed by atoms with E-state index in [9.17, 15) is 5.11 Å². The van der Waals surface area contributed by atoms with Crippen molar-refractivity contribution in [3.05, 3.63) is 42.1 Å². The Morgan fingerprint density at radius 3 is 3.00 bits per heavy atom. The Bertz CT molecular complexity index is 530. The minimum absolute atomic E-state index is 0.171. The summed E-state index contributed by atoms with van der Waals surface area (Å²) in [5.41, 5.74) is 1.94. The Balaban J connectivity index is 1.97. The number of nitrogens with zero attached hydrogens (tertiary/aromatic N) is 1. The first-order valence-corrected chi connectivity index (χ1v) is 6.61. The molecule has 0 bridgehead atoms. The molecule has 1 saturated heterocycles. The van der Waals surface area contributed by atoms with Crippen molar-refractivity contribution >= 4 is 10.9 Å². The number of hydrogen-bond acceptors (Lipinski definition) is 3. The summed E-state index contributed by atoms with van der Waals surface area (Å²) in [7, 11) is 0. The molecule has 1 fully saturated rings. The number of benzene rings is 1. The van der Waals surface area contributed by atoms with E-state index >= 15 is 0 Å². The van der Waals surface area contributed by atoms with E-state index in [-0.39, 0.29) is 6.04 Å². The Kier molecular flexibility index (Phi) is 3.26. The molecule has 2 N–H and O–H groups in total. The second-order valence-corrected chi connectivity index (χ2v) is 4.92. The van der Waals surface area contributed by atoms with Crippen LogP contribution in [0.4, 0.5) is 0 Å². The maximum absolute atomic E-state index is 10.6. The zero-order chi connectivity index (χ0) is 12.4. The number of pyridine rings is 1. The van der Waals surface area contributed by atoms with Gasteiger partial charge in [-0.2, -0.15) is 0 Å². The Morgan fingerprint density at radius 2 is 2.17 bits per heavy atom. The third-order valence-electron chi connectivity index (χ3n) is 3.73. The van der Waals surface area contributed by atoms with E-state index in [2.05, 4.69) is 10.3 Å². The lowest BCUT2D eigenvalue weighted by Crippen LogP contribution is -2.38. The van der Waals surface area contributed by atoms with Gasteiger partial charge in [0.2, 0.25) is 0 Å². The highest BCUT2D eigenvalue weighted by molar-refractivity contribution is 5.82. The average Bonchev–Trinajstić information content (AvgIpc) is 2.47. The fraction of sp³-hybridized carbons (Fsp3) is 0.400. The van der Waals surface area contributed by atoms with Gasteiger partial charge in [-0.25, -0.2) is 0 Å². The minimum Gasteiger partial charge on any atom is -0.387 e. The van der Waals surface area contributed by atoms with Gasteiger partial charge in [-0.3, -0.25) is 4.98 Å². The van der Waals surface area contributed by atoms with Crippen molar-refractivity contribution in [1.82, 2.24) is 10.3 Å². The zero-order valence-corrected chi connectivity index (χ0v) is 10.3. The minimum atomic E-state index is -0.446. The van der Waals surface area contributed by atoms with E-state index in [1.54, 1.807) is 6.20 Å². The van der Waals surface area contributed by atoms with Gasteiger partial charge in [-0.15, -0.1) is 0 Å². The van der Waals surface area contributed by atoms with Crippen LogP contribution in [0.1, 0.15) is 30.9 Å². The van der Waals surface area contributed by atoms with Crippen LogP contribution in [-0.4, -0.2) is 22.7 Å². The smallest absolute Gasteiger partial charge is 0.0949 e. The van der Waals surface area contributed by atoms with E-state index < -0.39 is 6.10 Å². The highest BCUT2D eigenvalue weighted by atomic mass is 16.3. The molecule has 0 amide bonds. The first kappa shape index (κ1) is 11.6. The van der Waals surface area contributed by atoms with Crippen LogP contribution in [-0.2, 0) is 0 Å². The molecule has 3 rings (SSSR count). The van der Waals surface area contributed by atoms with Crippen molar-refractivity contribution in [2.24, 2.45) is 0 Å². The summed E-state index contributed by atoms with van der Waals surface area (Å²) in [6.45, 7) is 1.00. The van der Waals surface area contributed by atoms with Gasteiger partial charge >= 0.3 is 0 Å². The van der Waals surface area contributed by atoms with Gasteiger partial charge in [0.15, 0.2) is 0 Å². The number of hydrogen-bond donors (Lipinski definition) is 2. The van der Waals surface area contributed by atoms with Crippen LogP contribution in [0.15, 0.2) is 36.5 Å². The van der Waals surface area contributed by atoms with Crippen molar-refractivity contribution < 1.29 is 5.11 Å². The van der Waals surface area contributed by atoms with Crippen molar-refractivity contribution in [2.45, 2.75) is 31.4 Å². The van der Waals surface area contributed by atoms with Gasteiger partial charge in [0.1, 0.15) is 0 Å². The number of aliphatic hydroxyl groups is 1. The predicted octanol–water partition coefficient (Wildman–Crippen LogP) is 2.41. The van der Waals surface area contributed by atoms with Gasteiger partial charge < -0.3 is 10.4 Å². The fourth-order valence-corrected chi connectivity index (χ4v) is 2.75. The van der Waals surface area contributed by atoms with Crippen LogP contribution in [0.2, 0.25) is 0 Å². The maximum Gasteiger partial charge on any atom is 0.0949 e. The summed E-state index contributed by atoms with van der Waals surface area (Å²) >= 11 is 0. The van der Waals surface area contributed by atoms with Gasteiger partial charge in [-0.05, 0) is 37.1 Å². The number of rotatable bonds is 2. The molecule has 3 heteroatoms. The zero-order valence-electron chi connectivity index (χ0n) is 10.3. The number of piperidine rings is 1. The molecule has 1 aromatic heterocycles. The SMILES string of the molecule is O[C@H](c1cccc2ncccc12)[C@@H]1CCCCN1. The highest BCUT2D eigenvalue weighted by Crippen LogP contribution is 2.28. The van der Waals surface area contributed by atoms with Gasteiger partial charge in [0.25, 0.3) is 0 Å². The highest BCUT2D eigenvalue weighted by Gasteiger charge is 2.23. The first-order valence-electron chi connectivity index (χ1n) is 6.61. The average molecular weight is 242 g/mol. The third-order valence-corrected chi connectivity index (χ3v) is 3.73. The summed E-state index contributed by atoms with van der Waals surface area (Å²) in [4.78, 5) is 4.34. The summed E-state index contributed by atoms with van der Waals surface area (Å²) in [5, 5.41) is 15.0. The largest absolute Gasteiger partial charge is 0.387 e. The molecule has 1 aromatic carbocycles. The van der Waals surface area contributed by atoms with E-state index in [1.165, 1.54) is 12.8 Å². The molecule has 0 aliphatic carbocycles. The lowest BCUT2D eigenvalue weighted by molar-refractivity contribution is 0.115. The lowest BCUT2D eigenvalue weighted by Gasteiger charge is -2.28. The van der Waals surface area contributed by atoms with E-state index in [1.807, 2.05) is 30.3 Å². The Hall–Kier alpha value is -1.45. The molecule has 94 valence electrons. The van der Waals surface area contributed by atoms with Crippen molar-refractivity contribution in [2.75, 3.05) is 6.54 Å². The maximum atomic E-state index is 10.6. The number of aliphatic hydroxyl groups excluding tert-OH is 1. The molecule has 0 radical (unpaired) electrons. The second kappa shape index (κ2) is 5.04. The van der Waals surface area contributed by atoms with E-state index in [0.29, 0.717) is 0 Å². The fourth-order valence-electron chi connectivity index (χ4n) is 2.75. The van der Waals surface area contributed by atoms with Crippen LogP contribution < -0.4 is 5.32 Å². The van der Waals surface area contributed by atoms with Crippen molar-refractivity contribution in [1.29, 1.82) is 0 Å². The van der Waals surface area contributed by atoms with Crippen molar-refractivity contribution in [3.63, 3.8) is 0 Å². The molecule has 1 aliphatic heterocycles. The molecule has 3 nitrogen and oxygen atoms in total. The van der Waals surface area contributed by atoms with Crippen LogP contribution >= 0.6 is 0 Å². The molecule has 18 heavy (non-hydrogen) atoms. The molecule has 1 aliphatic rings. The summed E-state index contributed by atoms with van der Waals surface area (Å²) in [5.74, 6) is 0. The molecule has 0 saturated carbocycles. The standard InChI is InChI=1S/C15H18N2O/c18-15(14-7-1-2-9-17-14)12-5-3-8-13-11(12)6-4-10-16-13/h3-6,8,10,14-15,17-18H,1-2,7,9H2/t14-,15+/m0/s1. The van der Waals surface area contributed by atoms with E-state index in [0.717, 1.165) is 29.4 Å². The lowest BCUT2D eigenvalue weighted by atomic mass is 9.93. The Morgan fingerprint density at radius 1 is 1.22 bits per heavy atom. The van der Waals surface area contributed by atoms with Gasteiger partial charge in [0, 0.05) is 17.6 Å².